The molecule has 2 heterocycles. The molecule has 10 heteroatoms. The second kappa shape index (κ2) is 12.4. The Balaban J connectivity index is 0.000000287. The summed E-state index contributed by atoms with van der Waals surface area (Å²) < 4.78 is 29.1. The van der Waals surface area contributed by atoms with E-state index >= 15 is 0 Å². The summed E-state index contributed by atoms with van der Waals surface area (Å²) >= 11 is 5.85. The molecule has 4 rings (SSSR count). The monoisotopic (exact) mass is 515 g/mol. The number of likely N-dealkylation sites (tertiary alicyclic amines) is 1. The van der Waals surface area contributed by atoms with Crippen LogP contribution in [0.2, 0.25) is 5.02 Å². The molecule has 8 nitrogen and oxygen atoms in total. The van der Waals surface area contributed by atoms with E-state index < -0.39 is 10.1 Å². The lowest BCUT2D eigenvalue weighted by molar-refractivity contribution is 0.0723. The lowest BCUT2D eigenvalue weighted by Crippen LogP contribution is -2.35. The molecule has 1 aliphatic heterocycles. The van der Waals surface area contributed by atoms with Crippen LogP contribution in [-0.4, -0.2) is 47.8 Å². The largest absolute Gasteiger partial charge is 0.348 e. The van der Waals surface area contributed by atoms with Crippen LogP contribution in [0.25, 0.3) is 0 Å². The fourth-order valence-corrected chi connectivity index (χ4v) is 4.00. The average molecular weight is 516 g/mol. The average Bonchev–Trinajstić information content (AvgIpc) is 2.89. The maximum Gasteiger partial charge on any atom is 0.296 e. The van der Waals surface area contributed by atoms with E-state index in [0.29, 0.717) is 22.7 Å². The Hall–Kier alpha value is -3.27. The first kappa shape index (κ1) is 26.3. The molecule has 35 heavy (non-hydrogen) atoms. The molecular formula is C25H26ClN3O5S. The van der Waals surface area contributed by atoms with Gasteiger partial charge in [0.2, 0.25) is 0 Å². The molecule has 3 aromatic rings. The molecule has 1 aromatic heterocycles. The van der Waals surface area contributed by atoms with Crippen LogP contribution in [0.5, 0.6) is 0 Å². The van der Waals surface area contributed by atoms with E-state index in [4.69, 9.17) is 16.2 Å². The number of nitrogens with one attached hydrogen (secondary N) is 1. The van der Waals surface area contributed by atoms with Crippen molar-refractivity contribution in [3.8, 4) is 0 Å². The normalized spacial score (nSPS) is 13.4. The Kier molecular flexibility index (Phi) is 9.36. The van der Waals surface area contributed by atoms with Crippen LogP contribution >= 0.6 is 11.6 Å². The van der Waals surface area contributed by atoms with Crippen LogP contribution in [0.15, 0.2) is 78.0 Å². The number of aromatic nitrogens is 1. The van der Waals surface area contributed by atoms with E-state index in [-0.39, 0.29) is 16.7 Å². The van der Waals surface area contributed by atoms with Crippen LogP contribution < -0.4 is 5.32 Å². The lowest BCUT2D eigenvalue weighted by atomic mass is 10.1. The highest BCUT2D eigenvalue weighted by atomic mass is 35.5. The first-order valence-electron chi connectivity index (χ1n) is 11.0. The van der Waals surface area contributed by atoms with Crippen LogP contribution in [0.1, 0.15) is 45.5 Å². The van der Waals surface area contributed by atoms with Crippen molar-refractivity contribution < 1.29 is 22.6 Å². The fraction of sp³-hybridized carbons (Fsp3) is 0.240. The van der Waals surface area contributed by atoms with Crippen molar-refractivity contribution in [1.29, 1.82) is 0 Å². The number of hydrogen-bond donors (Lipinski definition) is 2. The van der Waals surface area contributed by atoms with Gasteiger partial charge in [0.05, 0.1) is 0 Å². The van der Waals surface area contributed by atoms with Gasteiger partial charge in [-0.15, -0.1) is 0 Å². The van der Waals surface area contributed by atoms with Gasteiger partial charge in [0.1, 0.15) is 4.90 Å². The molecule has 2 amide bonds. The standard InChI is InChI=1S/C20H21ClN2O2.C5H5NO3S/c21-18-10-4-15(5-11-18)14-22-19(24)16-6-8-17(9-7-16)20(25)23-12-2-1-3-13-23;7-10(8,9)5-2-1-3-6-4-5/h4-11H,1-3,12-14H2,(H,22,24);1-4H,(H,7,8,9). The zero-order valence-corrected chi connectivity index (χ0v) is 20.5. The molecule has 0 aliphatic carbocycles. The third-order valence-electron chi connectivity index (χ3n) is 5.34. The third kappa shape index (κ3) is 8.17. The minimum Gasteiger partial charge on any atom is -0.348 e. The molecule has 0 atom stereocenters. The highest BCUT2D eigenvalue weighted by molar-refractivity contribution is 7.85. The van der Waals surface area contributed by atoms with Gasteiger partial charge in [0, 0.05) is 48.2 Å². The summed E-state index contributed by atoms with van der Waals surface area (Å²) in [5.74, 6) is -0.111. The van der Waals surface area contributed by atoms with Crippen molar-refractivity contribution >= 4 is 33.5 Å². The summed E-state index contributed by atoms with van der Waals surface area (Å²) in [4.78, 5) is 29.9. The molecule has 1 aliphatic rings. The third-order valence-corrected chi connectivity index (χ3v) is 6.43. The number of nitrogens with zero attached hydrogens (tertiary/aromatic N) is 2. The van der Waals surface area contributed by atoms with Gasteiger partial charge in [-0.05, 0) is 73.4 Å². The predicted molar refractivity (Wildman–Crippen MR) is 133 cm³/mol. The van der Waals surface area contributed by atoms with Gasteiger partial charge < -0.3 is 10.2 Å². The Morgan fingerprint density at radius 3 is 2.11 bits per heavy atom. The van der Waals surface area contributed by atoms with Gasteiger partial charge >= 0.3 is 0 Å². The number of piperidine rings is 1. The van der Waals surface area contributed by atoms with Gasteiger partial charge in [0.15, 0.2) is 0 Å². The molecule has 0 spiro atoms. The summed E-state index contributed by atoms with van der Waals surface area (Å²) in [6.07, 6.45) is 5.83. The summed E-state index contributed by atoms with van der Waals surface area (Å²) in [5, 5.41) is 3.54. The molecular weight excluding hydrogens is 490 g/mol. The zero-order valence-electron chi connectivity index (χ0n) is 18.9. The first-order valence-corrected chi connectivity index (χ1v) is 12.9. The van der Waals surface area contributed by atoms with Gasteiger partial charge in [0.25, 0.3) is 21.9 Å². The Labute approximate surface area is 209 Å². The molecule has 2 N–H and O–H groups in total. The number of benzene rings is 2. The summed E-state index contributed by atoms with van der Waals surface area (Å²) in [5.41, 5.74) is 2.16. The van der Waals surface area contributed by atoms with Crippen molar-refractivity contribution in [2.75, 3.05) is 13.1 Å². The van der Waals surface area contributed by atoms with E-state index in [9.17, 15) is 18.0 Å². The van der Waals surface area contributed by atoms with E-state index in [2.05, 4.69) is 10.3 Å². The molecule has 1 saturated heterocycles. The highest BCUT2D eigenvalue weighted by Crippen LogP contribution is 2.14. The van der Waals surface area contributed by atoms with Crippen molar-refractivity contribution in [1.82, 2.24) is 15.2 Å². The van der Waals surface area contributed by atoms with E-state index in [1.807, 2.05) is 17.0 Å². The molecule has 0 saturated carbocycles. The van der Waals surface area contributed by atoms with Crippen LogP contribution in [0.4, 0.5) is 0 Å². The quantitative estimate of drug-likeness (QED) is 0.491. The van der Waals surface area contributed by atoms with Gasteiger partial charge in [-0.25, -0.2) is 0 Å². The van der Waals surface area contributed by atoms with Gasteiger partial charge in [-0.3, -0.25) is 19.1 Å². The molecule has 1 fully saturated rings. The molecule has 0 unspecified atom stereocenters. The van der Waals surface area contributed by atoms with Crippen LogP contribution in [-0.2, 0) is 16.7 Å². The number of rotatable bonds is 5. The van der Waals surface area contributed by atoms with E-state index in [1.54, 1.807) is 36.4 Å². The highest BCUT2D eigenvalue weighted by Gasteiger charge is 2.18. The molecule has 0 radical (unpaired) electrons. The smallest absolute Gasteiger partial charge is 0.296 e. The second-order valence-corrected chi connectivity index (χ2v) is 9.76. The first-order chi connectivity index (χ1) is 16.7. The van der Waals surface area contributed by atoms with E-state index in [0.717, 1.165) is 37.7 Å². The Morgan fingerprint density at radius 2 is 1.57 bits per heavy atom. The molecule has 184 valence electrons. The minimum atomic E-state index is -4.07. The van der Waals surface area contributed by atoms with Gasteiger partial charge in [-0.2, -0.15) is 8.42 Å². The Bertz CT molecular complexity index is 1230. The van der Waals surface area contributed by atoms with Crippen LogP contribution in [0.3, 0.4) is 0 Å². The maximum atomic E-state index is 12.4. The van der Waals surface area contributed by atoms with Gasteiger partial charge in [-0.1, -0.05) is 23.7 Å². The fourth-order valence-electron chi connectivity index (χ4n) is 3.43. The number of carbonyl (C=O) groups excluding carboxylic acids is 2. The topological polar surface area (TPSA) is 117 Å². The summed E-state index contributed by atoms with van der Waals surface area (Å²) in [6, 6.07) is 16.9. The van der Waals surface area contributed by atoms with Crippen LogP contribution in [0, 0.1) is 0 Å². The Morgan fingerprint density at radius 1 is 0.943 bits per heavy atom. The SMILES string of the molecule is O=C(NCc1ccc(Cl)cc1)c1ccc(C(=O)N2CCCCC2)cc1.O=S(=O)(O)c1cccnc1. The summed E-state index contributed by atoms with van der Waals surface area (Å²) in [7, 11) is -4.07. The lowest BCUT2D eigenvalue weighted by Gasteiger charge is -2.26. The number of amides is 2. The molecule has 0 bridgehead atoms. The van der Waals surface area contributed by atoms with Crippen molar-refractivity contribution in [2.45, 2.75) is 30.7 Å². The number of pyridine rings is 1. The predicted octanol–water partition coefficient (Wildman–Crippen LogP) is 4.22. The van der Waals surface area contributed by atoms with Crippen molar-refractivity contribution in [2.24, 2.45) is 0 Å². The number of hydrogen-bond acceptors (Lipinski definition) is 5. The minimum absolute atomic E-state index is 0.0489. The maximum absolute atomic E-state index is 12.4. The van der Waals surface area contributed by atoms with Crippen molar-refractivity contribution in [3.63, 3.8) is 0 Å². The number of halogens is 1. The second-order valence-electron chi connectivity index (χ2n) is 7.90. The zero-order chi connectivity index (χ0) is 25.3. The molecule has 2 aromatic carbocycles. The summed E-state index contributed by atoms with van der Waals surface area (Å²) in [6.45, 7) is 2.08. The van der Waals surface area contributed by atoms with Crippen molar-refractivity contribution in [3.05, 3.63) is 94.8 Å². The van der Waals surface area contributed by atoms with E-state index in [1.165, 1.54) is 24.8 Å². The number of carbonyl (C=O) groups is 2.